The number of hydrogen-bond acceptors (Lipinski definition) is 4. The summed E-state index contributed by atoms with van der Waals surface area (Å²) in [5.41, 5.74) is 10.2. The van der Waals surface area contributed by atoms with E-state index in [4.69, 9.17) is 0 Å². The Bertz CT molecular complexity index is 1680. The molecule has 0 amide bonds. The summed E-state index contributed by atoms with van der Waals surface area (Å²) < 4.78 is 0. The van der Waals surface area contributed by atoms with Crippen molar-refractivity contribution in [1.29, 1.82) is 0 Å². The molecule has 35 heavy (non-hydrogen) atoms. The highest BCUT2D eigenvalue weighted by Gasteiger charge is 2.14. The van der Waals surface area contributed by atoms with E-state index in [0.29, 0.717) is 0 Å². The van der Waals surface area contributed by atoms with Crippen LogP contribution in [0.4, 0.5) is 5.69 Å². The van der Waals surface area contributed by atoms with Gasteiger partial charge in [0.05, 0.1) is 23.1 Å². The molecule has 6 aromatic rings. The molecule has 4 heterocycles. The Kier molecular flexibility index (Phi) is 5.11. The van der Waals surface area contributed by atoms with Crippen LogP contribution in [-0.2, 0) is 0 Å². The predicted octanol–water partition coefficient (Wildman–Crippen LogP) is 7.17. The predicted molar refractivity (Wildman–Crippen MR) is 143 cm³/mol. The third kappa shape index (κ3) is 3.85. The largest absolute Gasteiger partial charge is 0.358 e. The number of benzene rings is 2. The standard InChI is InChI=1S/C29H24N6/c1-3-18(2)32-22-13-21(16-31-17-22)20-7-8-27-25(14-20)29(35-34-27)28-15-24-23(5-4-6-26(24)33-28)19-9-11-30-12-10-19/h4-17,32-33H,2-3H2,1H3,(H,34,35). The molecule has 0 spiro atoms. The van der Waals surface area contributed by atoms with Gasteiger partial charge in [-0.15, -0.1) is 0 Å². The van der Waals surface area contributed by atoms with Crippen molar-refractivity contribution in [3.05, 3.63) is 97.7 Å². The molecule has 2 aromatic carbocycles. The van der Waals surface area contributed by atoms with Crippen LogP contribution in [-0.4, -0.2) is 25.1 Å². The number of allylic oxidation sites excluding steroid dienone is 1. The lowest BCUT2D eigenvalue weighted by Crippen LogP contribution is -1.97. The molecule has 0 atom stereocenters. The Morgan fingerprint density at radius 3 is 2.60 bits per heavy atom. The van der Waals surface area contributed by atoms with E-state index < -0.39 is 0 Å². The number of fused-ring (bicyclic) bond motifs is 2. The number of pyridine rings is 2. The van der Waals surface area contributed by atoms with Gasteiger partial charge >= 0.3 is 0 Å². The van der Waals surface area contributed by atoms with Crippen LogP contribution in [0.2, 0.25) is 0 Å². The van der Waals surface area contributed by atoms with Crippen molar-refractivity contribution in [3.8, 4) is 33.6 Å². The molecule has 0 saturated carbocycles. The van der Waals surface area contributed by atoms with E-state index >= 15 is 0 Å². The lowest BCUT2D eigenvalue weighted by atomic mass is 10.0. The summed E-state index contributed by atoms with van der Waals surface area (Å²) in [7, 11) is 0. The van der Waals surface area contributed by atoms with Crippen LogP contribution in [0, 0.1) is 0 Å². The fourth-order valence-corrected chi connectivity index (χ4v) is 4.42. The van der Waals surface area contributed by atoms with Crippen LogP contribution < -0.4 is 5.32 Å². The SMILES string of the molecule is C=C(CC)Nc1cncc(-c2ccc3[nH]nc(-c4cc5c(-c6ccncc6)cccc5[nH]4)c3c2)c1. The monoisotopic (exact) mass is 456 g/mol. The zero-order chi connectivity index (χ0) is 23.8. The second kappa shape index (κ2) is 8.57. The minimum atomic E-state index is 0.863. The van der Waals surface area contributed by atoms with Gasteiger partial charge in [0.15, 0.2) is 0 Å². The van der Waals surface area contributed by atoms with Crippen LogP contribution in [0.15, 0.2) is 97.7 Å². The highest BCUT2D eigenvalue weighted by Crippen LogP contribution is 2.35. The fourth-order valence-electron chi connectivity index (χ4n) is 4.42. The molecule has 4 aromatic heterocycles. The van der Waals surface area contributed by atoms with Crippen molar-refractivity contribution in [1.82, 2.24) is 25.1 Å². The summed E-state index contributed by atoms with van der Waals surface area (Å²) in [6.45, 7) is 6.11. The van der Waals surface area contributed by atoms with E-state index in [0.717, 1.165) is 73.3 Å². The molecule has 3 N–H and O–H groups in total. The topological polar surface area (TPSA) is 82.3 Å². The summed E-state index contributed by atoms with van der Waals surface area (Å²) in [5.74, 6) is 0. The Balaban J connectivity index is 1.43. The van der Waals surface area contributed by atoms with Crippen molar-refractivity contribution < 1.29 is 0 Å². The molecule has 0 bridgehead atoms. The molecule has 170 valence electrons. The second-order valence-corrected chi connectivity index (χ2v) is 8.56. The summed E-state index contributed by atoms with van der Waals surface area (Å²) in [4.78, 5) is 12.1. The molecule has 6 nitrogen and oxygen atoms in total. The Morgan fingerprint density at radius 2 is 1.74 bits per heavy atom. The highest BCUT2D eigenvalue weighted by atomic mass is 15.1. The number of anilines is 1. The maximum absolute atomic E-state index is 4.66. The van der Waals surface area contributed by atoms with Crippen molar-refractivity contribution >= 4 is 27.5 Å². The number of hydrogen-bond donors (Lipinski definition) is 3. The van der Waals surface area contributed by atoms with Gasteiger partial charge in [-0.25, -0.2) is 0 Å². The molecule has 0 radical (unpaired) electrons. The van der Waals surface area contributed by atoms with Crippen LogP contribution in [0.5, 0.6) is 0 Å². The van der Waals surface area contributed by atoms with Crippen LogP contribution in [0.25, 0.3) is 55.4 Å². The van der Waals surface area contributed by atoms with Gasteiger partial charge in [0.2, 0.25) is 0 Å². The third-order valence-corrected chi connectivity index (χ3v) is 6.29. The minimum Gasteiger partial charge on any atom is -0.358 e. The van der Waals surface area contributed by atoms with Gasteiger partial charge in [-0.2, -0.15) is 5.10 Å². The van der Waals surface area contributed by atoms with Gasteiger partial charge in [0.25, 0.3) is 0 Å². The van der Waals surface area contributed by atoms with Gasteiger partial charge in [0, 0.05) is 46.1 Å². The van der Waals surface area contributed by atoms with Gasteiger partial charge < -0.3 is 10.3 Å². The smallest absolute Gasteiger partial charge is 0.116 e. The van der Waals surface area contributed by atoms with Crippen molar-refractivity contribution in [2.75, 3.05) is 5.32 Å². The third-order valence-electron chi connectivity index (χ3n) is 6.29. The second-order valence-electron chi connectivity index (χ2n) is 8.56. The molecule has 6 heteroatoms. The molecule has 6 rings (SSSR count). The summed E-state index contributed by atoms with van der Waals surface area (Å²) in [6, 6.07) is 21.0. The molecule has 0 fully saturated rings. The molecule has 0 saturated heterocycles. The molecular weight excluding hydrogens is 432 g/mol. The molecule has 0 aliphatic heterocycles. The van der Waals surface area contributed by atoms with Crippen LogP contribution >= 0.6 is 0 Å². The van der Waals surface area contributed by atoms with Gasteiger partial charge in [-0.3, -0.25) is 15.1 Å². The van der Waals surface area contributed by atoms with Gasteiger partial charge in [-0.1, -0.05) is 31.7 Å². The number of aromatic nitrogens is 5. The first-order chi connectivity index (χ1) is 17.2. The van der Waals surface area contributed by atoms with Crippen molar-refractivity contribution in [2.24, 2.45) is 0 Å². The molecule has 0 aliphatic rings. The zero-order valence-electron chi connectivity index (χ0n) is 19.3. The van der Waals surface area contributed by atoms with Crippen LogP contribution in [0.3, 0.4) is 0 Å². The fraction of sp³-hybridized carbons (Fsp3) is 0.0690. The van der Waals surface area contributed by atoms with E-state index in [1.807, 2.05) is 36.9 Å². The quantitative estimate of drug-likeness (QED) is 0.248. The minimum absolute atomic E-state index is 0.863. The van der Waals surface area contributed by atoms with E-state index in [1.54, 1.807) is 0 Å². The number of nitrogens with one attached hydrogen (secondary N) is 3. The Hall–Kier alpha value is -4.71. The number of aromatic amines is 2. The zero-order valence-corrected chi connectivity index (χ0v) is 19.3. The van der Waals surface area contributed by atoms with Crippen molar-refractivity contribution in [2.45, 2.75) is 13.3 Å². The Morgan fingerprint density at radius 1 is 0.857 bits per heavy atom. The first-order valence-electron chi connectivity index (χ1n) is 11.6. The first kappa shape index (κ1) is 20.9. The van der Waals surface area contributed by atoms with Gasteiger partial charge in [0.1, 0.15) is 5.69 Å². The average Bonchev–Trinajstić information content (AvgIpc) is 3.53. The molecule has 0 aliphatic carbocycles. The molecular formula is C29H24N6. The normalized spacial score (nSPS) is 11.2. The van der Waals surface area contributed by atoms with E-state index in [2.05, 4.69) is 92.5 Å². The van der Waals surface area contributed by atoms with E-state index in [1.165, 1.54) is 0 Å². The van der Waals surface area contributed by atoms with E-state index in [9.17, 15) is 0 Å². The highest BCUT2D eigenvalue weighted by molar-refractivity contribution is 6.01. The first-order valence-corrected chi connectivity index (χ1v) is 11.6. The maximum Gasteiger partial charge on any atom is 0.116 e. The van der Waals surface area contributed by atoms with Gasteiger partial charge in [-0.05, 0) is 65.6 Å². The molecule has 0 unspecified atom stereocenters. The lowest BCUT2D eigenvalue weighted by Gasteiger charge is -2.09. The summed E-state index contributed by atoms with van der Waals surface area (Å²) in [5, 5.41) is 13.4. The average molecular weight is 457 g/mol. The van der Waals surface area contributed by atoms with E-state index in [-0.39, 0.29) is 0 Å². The number of H-pyrrole nitrogens is 2. The maximum atomic E-state index is 4.66. The lowest BCUT2D eigenvalue weighted by molar-refractivity contribution is 1.11. The van der Waals surface area contributed by atoms with Crippen molar-refractivity contribution in [3.63, 3.8) is 0 Å². The Labute approximate surface area is 202 Å². The number of nitrogens with zero attached hydrogens (tertiary/aromatic N) is 3. The summed E-state index contributed by atoms with van der Waals surface area (Å²) in [6.07, 6.45) is 8.20. The summed E-state index contributed by atoms with van der Waals surface area (Å²) >= 11 is 0. The van der Waals surface area contributed by atoms with Crippen LogP contribution in [0.1, 0.15) is 13.3 Å². The number of rotatable bonds is 6.